The first kappa shape index (κ1) is 15.6. The van der Waals surface area contributed by atoms with Crippen molar-refractivity contribution in [1.29, 1.82) is 0 Å². The van der Waals surface area contributed by atoms with Gasteiger partial charge in [-0.15, -0.1) is 0 Å². The standard InChI is InChI=1S/C14H18F2O3/c1-10(2)7-11-3-5-12(6-4-11)14(15,16)9-19-8-13(17)18/h3-6,10H,7-9H2,1-2H3,(H,17,18). The number of halogens is 2. The number of hydrogen-bond acceptors (Lipinski definition) is 2. The second-order valence-corrected chi connectivity index (χ2v) is 4.89. The zero-order valence-corrected chi connectivity index (χ0v) is 11.0. The molecule has 19 heavy (non-hydrogen) atoms. The molecular weight excluding hydrogens is 254 g/mol. The Morgan fingerprint density at radius 1 is 1.32 bits per heavy atom. The van der Waals surface area contributed by atoms with Crippen molar-refractivity contribution in [3.63, 3.8) is 0 Å². The minimum atomic E-state index is -3.17. The van der Waals surface area contributed by atoms with Gasteiger partial charge in [0.25, 0.3) is 5.92 Å². The zero-order valence-electron chi connectivity index (χ0n) is 11.0. The first-order valence-electron chi connectivity index (χ1n) is 6.08. The van der Waals surface area contributed by atoms with Gasteiger partial charge in [0, 0.05) is 5.56 Å². The van der Waals surface area contributed by atoms with Gasteiger partial charge in [-0.05, 0) is 17.9 Å². The highest BCUT2D eigenvalue weighted by atomic mass is 19.3. The molecule has 0 aliphatic carbocycles. The molecule has 0 aliphatic rings. The number of rotatable bonds is 7. The molecule has 0 radical (unpaired) electrons. The molecule has 0 heterocycles. The van der Waals surface area contributed by atoms with Gasteiger partial charge in [-0.1, -0.05) is 38.1 Å². The highest BCUT2D eigenvalue weighted by Crippen LogP contribution is 2.28. The van der Waals surface area contributed by atoms with Crippen LogP contribution in [0.1, 0.15) is 25.0 Å². The SMILES string of the molecule is CC(C)Cc1ccc(C(F)(F)COCC(=O)O)cc1. The van der Waals surface area contributed by atoms with Gasteiger partial charge in [-0.2, -0.15) is 8.78 Å². The minimum Gasteiger partial charge on any atom is -0.480 e. The van der Waals surface area contributed by atoms with Crippen molar-refractivity contribution < 1.29 is 23.4 Å². The summed E-state index contributed by atoms with van der Waals surface area (Å²) in [5.74, 6) is -3.97. The van der Waals surface area contributed by atoms with Crippen molar-refractivity contribution in [1.82, 2.24) is 0 Å². The summed E-state index contributed by atoms with van der Waals surface area (Å²) in [6, 6.07) is 6.06. The topological polar surface area (TPSA) is 46.5 Å². The zero-order chi connectivity index (χ0) is 14.5. The van der Waals surface area contributed by atoms with E-state index >= 15 is 0 Å². The summed E-state index contributed by atoms with van der Waals surface area (Å²) in [4.78, 5) is 10.2. The van der Waals surface area contributed by atoms with Gasteiger partial charge in [0.1, 0.15) is 13.2 Å². The lowest BCUT2D eigenvalue weighted by Gasteiger charge is -2.17. The largest absolute Gasteiger partial charge is 0.480 e. The molecule has 0 bridgehead atoms. The molecule has 0 unspecified atom stereocenters. The Kier molecular flexibility index (Phi) is 5.42. The van der Waals surface area contributed by atoms with Gasteiger partial charge in [0.2, 0.25) is 0 Å². The molecule has 1 aromatic rings. The molecule has 0 aromatic heterocycles. The molecule has 0 spiro atoms. The monoisotopic (exact) mass is 272 g/mol. The predicted octanol–water partition coefficient (Wildman–Crippen LogP) is 3.08. The summed E-state index contributed by atoms with van der Waals surface area (Å²) in [5, 5.41) is 8.33. The third kappa shape index (κ3) is 5.34. The van der Waals surface area contributed by atoms with Crippen molar-refractivity contribution in [3.05, 3.63) is 35.4 Å². The molecular formula is C14H18F2O3. The maximum absolute atomic E-state index is 13.7. The molecule has 0 amide bonds. The number of carboxylic acid groups (broad SMARTS) is 1. The van der Waals surface area contributed by atoms with Gasteiger partial charge in [0.05, 0.1) is 0 Å². The van der Waals surface area contributed by atoms with Crippen molar-refractivity contribution in [2.45, 2.75) is 26.2 Å². The lowest BCUT2D eigenvalue weighted by Crippen LogP contribution is -2.23. The van der Waals surface area contributed by atoms with E-state index in [9.17, 15) is 13.6 Å². The maximum Gasteiger partial charge on any atom is 0.329 e. The van der Waals surface area contributed by atoms with Crippen LogP contribution in [0.2, 0.25) is 0 Å². The van der Waals surface area contributed by atoms with Crippen molar-refractivity contribution >= 4 is 5.97 Å². The van der Waals surface area contributed by atoms with Crippen LogP contribution in [0.4, 0.5) is 8.78 Å². The fourth-order valence-electron chi connectivity index (χ4n) is 1.71. The summed E-state index contributed by atoms with van der Waals surface area (Å²) < 4.78 is 31.8. The smallest absolute Gasteiger partial charge is 0.329 e. The van der Waals surface area contributed by atoms with Crippen LogP contribution in [-0.4, -0.2) is 24.3 Å². The second kappa shape index (κ2) is 6.61. The molecule has 0 atom stereocenters. The Labute approximate surface area is 111 Å². The lowest BCUT2D eigenvalue weighted by atomic mass is 10.00. The first-order valence-corrected chi connectivity index (χ1v) is 6.08. The summed E-state index contributed by atoms with van der Waals surface area (Å²) in [6.07, 6.45) is 0.835. The van der Waals surface area contributed by atoms with Crippen LogP contribution < -0.4 is 0 Å². The van der Waals surface area contributed by atoms with E-state index in [1.54, 1.807) is 12.1 Å². The number of aliphatic carboxylic acids is 1. The Hall–Kier alpha value is -1.49. The maximum atomic E-state index is 13.7. The molecule has 0 saturated heterocycles. The Morgan fingerprint density at radius 3 is 2.37 bits per heavy atom. The third-order valence-electron chi connectivity index (χ3n) is 2.53. The summed E-state index contributed by atoms with van der Waals surface area (Å²) >= 11 is 0. The highest BCUT2D eigenvalue weighted by molar-refractivity contribution is 5.67. The third-order valence-corrected chi connectivity index (χ3v) is 2.53. The average Bonchev–Trinajstić information content (AvgIpc) is 2.28. The molecule has 1 N–H and O–H groups in total. The molecule has 5 heteroatoms. The average molecular weight is 272 g/mol. The van der Waals surface area contributed by atoms with E-state index in [1.165, 1.54) is 12.1 Å². The summed E-state index contributed by atoms with van der Waals surface area (Å²) in [5.41, 5.74) is 0.839. The number of benzene rings is 1. The molecule has 1 rings (SSSR count). The molecule has 1 aromatic carbocycles. The second-order valence-electron chi connectivity index (χ2n) is 4.89. The Morgan fingerprint density at radius 2 is 1.89 bits per heavy atom. The molecule has 0 saturated carbocycles. The fraction of sp³-hybridized carbons (Fsp3) is 0.500. The van der Waals surface area contributed by atoms with Crippen LogP contribution in [0.15, 0.2) is 24.3 Å². The van der Waals surface area contributed by atoms with E-state index in [2.05, 4.69) is 18.6 Å². The number of carbonyl (C=O) groups is 1. The van der Waals surface area contributed by atoms with Gasteiger partial charge < -0.3 is 9.84 Å². The van der Waals surface area contributed by atoms with E-state index in [-0.39, 0.29) is 5.56 Å². The van der Waals surface area contributed by atoms with Gasteiger partial charge in [0.15, 0.2) is 0 Å². The van der Waals surface area contributed by atoms with Crippen LogP contribution >= 0.6 is 0 Å². The normalized spacial score (nSPS) is 11.8. The van der Waals surface area contributed by atoms with Crippen LogP contribution in [0.25, 0.3) is 0 Å². The summed E-state index contributed by atoms with van der Waals surface area (Å²) in [7, 11) is 0. The fourth-order valence-corrected chi connectivity index (χ4v) is 1.71. The van der Waals surface area contributed by atoms with Crippen molar-refractivity contribution in [2.75, 3.05) is 13.2 Å². The van der Waals surface area contributed by atoms with Crippen molar-refractivity contribution in [2.24, 2.45) is 5.92 Å². The highest BCUT2D eigenvalue weighted by Gasteiger charge is 2.32. The minimum absolute atomic E-state index is 0.162. The first-order chi connectivity index (χ1) is 8.81. The number of hydrogen-bond donors (Lipinski definition) is 1. The van der Waals surface area contributed by atoms with Gasteiger partial charge in [-0.25, -0.2) is 4.79 Å². The lowest BCUT2D eigenvalue weighted by molar-refractivity contribution is -0.147. The van der Waals surface area contributed by atoms with Crippen molar-refractivity contribution in [3.8, 4) is 0 Å². The quantitative estimate of drug-likeness (QED) is 0.829. The van der Waals surface area contributed by atoms with Crippen LogP contribution in [0.3, 0.4) is 0 Å². The number of alkyl halides is 2. The molecule has 106 valence electrons. The van der Waals surface area contributed by atoms with E-state index in [1.807, 2.05) is 0 Å². The molecule has 3 nitrogen and oxygen atoms in total. The van der Waals surface area contributed by atoms with E-state index in [0.717, 1.165) is 12.0 Å². The van der Waals surface area contributed by atoms with Crippen LogP contribution in [-0.2, 0) is 21.9 Å². The number of carboxylic acids is 1. The summed E-state index contributed by atoms with van der Waals surface area (Å²) in [6.45, 7) is 2.47. The Balaban J connectivity index is 2.64. The van der Waals surface area contributed by atoms with Gasteiger partial charge >= 0.3 is 5.97 Å². The van der Waals surface area contributed by atoms with E-state index < -0.39 is 25.1 Å². The van der Waals surface area contributed by atoms with E-state index in [4.69, 9.17) is 5.11 Å². The van der Waals surface area contributed by atoms with E-state index in [0.29, 0.717) is 5.92 Å². The van der Waals surface area contributed by atoms with Gasteiger partial charge in [-0.3, -0.25) is 0 Å². The Bertz CT molecular complexity index is 413. The number of ether oxygens (including phenoxy) is 1. The van der Waals surface area contributed by atoms with Crippen LogP contribution in [0.5, 0.6) is 0 Å². The molecule has 0 aliphatic heterocycles. The predicted molar refractivity (Wildman–Crippen MR) is 67.3 cm³/mol. The van der Waals surface area contributed by atoms with Crippen LogP contribution in [0, 0.1) is 5.92 Å². The molecule has 0 fully saturated rings.